The summed E-state index contributed by atoms with van der Waals surface area (Å²) in [5, 5.41) is 0. The van der Waals surface area contributed by atoms with Crippen molar-refractivity contribution in [2.24, 2.45) is 0 Å². The predicted octanol–water partition coefficient (Wildman–Crippen LogP) is 3.68. The van der Waals surface area contributed by atoms with E-state index >= 15 is 0 Å². The molecule has 166 valence electrons. The molecule has 3 aromatic rings. The number of hydrogen-bond donors (Lipinski definition) is 0. The van der Waals surface area contributed by atoms with Crippen molar-refractivity contribution in [3.8, 4) is 5.75 Å². The Labute approximate surface area is 190 Å². The Balaban J connectivity index is 1.19. The molecule has 6 heteroatoms. The van der Waals surface area contributed by atoms with E-state index in [1.807, 2.05) is 12.1 Å². The summed E-state index contributed by atoms with van der Waals surface area (Å²) < 4.78 is 5.27. The van der Waals surface area contributed by atoms with Crippen LogP contribution in [0.2, 0.25) is 0 Å². The summed E-state index contributed by atoms with van der Waals surface area (Å²) in [5.74, 6) is 1.78. The molecule has 2 aromatic carbocycles. The van der Waals surface area contributed by atoms with E-state index in [1.165, 1.54) is 28.1 Å². The molecular formula is C26H31N5O. The third-order valence-electron chi connectivity index (χ3n) is 6.53. The number of piperazine rings is 1. The highest BCUT2D eigenvalue weighted by Gasteiger charge is 2.23. The van der Waals surface area contributed by atoms with Crippen LogP contribution in [0.5, 0.6) is 5.75 Å². The number of hydrogen-bond acceptors (Lipinski definition) is 6. The highest BCUT2D eigenvalue weighted by Crippen LogP contribution is 2.24. The van der Waals surface area contributed by atoms with Gasteiger partial charge in [-0.2, -0.15) is 0 Å². The molecule has 5 rings (SSSR count). The van der Waals surface area contributed by atoms with Crippen molar-refractivity contribution in [3.63, 3.8) is 0 Å². The minimum absolute atomic E-state index is 0.880. The summed E-state index contributed by atoms with van der Waals surface area (Å²) >= 11 is 0. The first-order chi connectivity index (χ1) is 15.7. The van der Waals surface area contributed by atoms with Crippen molar-refractivity contribution in [1.29, 1.82) is 0 Å². The molecule has 0 radical (unpaired) electrons. The molecule has 2 aliphatic rings. The highest BCUT2D eigenvalue weighted by atomic mass is 16.5. The minimum atomic E-state index is 0.880. The summed E-state index contributed by atoms with van der Waals surface area (Å²) in [6.45, 7) is 8.89. The van der Waals surface area contributed by atoms with Crippen LogP contribution in [0.15, 0.2) is 54.7 Å². The smallest absolute Gasteiger partial charge is 0.225 e. The maximum atomic E-state index is 5.27. The van der Waals surface area contributed by atoms with Crippen LogP contribution in [-0.2, 0) is 19.5 Å². The first-order valence-corrected chi connectivity index (χ1v) is 11.4. The standard InChI is InChI=1S/C26H31N5O/c1-20-3-5-21(6-4-20)18-29-12-11-25-22(19-29)17-27-26(28-25)31-15-13-30(14-16-31)23-7-9-24(32-2)10-8-23/h3-10,17H,11-16,18-19H2,1-2H3. The molecule has 0 aliphatic carbocycles. The third-order valence-corrected chi connectivity index (χ3v) is 6.53. The molecule has 0 unspecified atom stereocenters. The molecule has 0 N–H and O–H groups in total. The van der Waals surface area contributed by atoms with Gasteiger partial charge in [-0.15, -0.1) is 0 Å². The topological polar surface area (TPSA) is 44.7 Å². The molecule has 3 heterocycles. The minimum Gasteiger partial charge on any atom is -0.497 e. The average molecular weight is 430 g/mol. The maximum Gasteiger partial charge on any atom is 0.225 e. The monoisotopic (exact) mass is 429 g/mol. The Morgan fingerprint density at radius 1 is 0.875 bits per heavy atom. The van der Waals surface area contributed by atoms with Gasteiger partial charge in [-0.3, -0.25) is 4.90 Å². The number of aryl methyl sites for hydroxylation is 1. The zero-order valence-corrected chi connectivity index (χ0v) is 19.0. The fourth-order valence-electron chi connectivity index (χ4n) is 4.56. The molecule has 32 heavy (non-hydrogen) atoms. The van der Waals surface area contributed by atoms with Crippen LogP contribution in [-0.4, -0.2) is 54.7 Å². The van der Waals surface area contributed by atoms with E-state index in [9.17, 15) is 0 Å². The first-order valence-electron chi connectivity index (χ1n) is 11.4. The van der Waals surface area contributed by atoms with Crippen LogP contribution < -0.4 is 14.5 Å². The quantitative estimate of drug-likeness (QED) is 0.617. The second kappa shape index (κ2) is 9.17. The number of methoxy groups -OCH3 is 1. The largest absolute Gasteiger partial charge is 0.497 e. The van der Waals surface area contributed by atoms with Crippen LogP contribution in [0.3, 0.4) is 0 Å². The van der Waals surface area contributed by atoms with Crippen LogP contribution >= 0.6 is 0 Å². The van der Waals surface area contributed by atoms with Gasteiger partial charge in [-0.25, -0.2) is 9.97 Å². The molecule has 0 spiro atoms. The van der Waals surface area contributed by atoms with Gasteiger partial charge in [0.2, 0.25) is 5.95 Å². The van der Waals surface area contributed by atoms with Gasteiger partial charge in [-0.05, 0) is 36.8 Å². The van der Waals surface area contributed by atoms with E-state index in [0.717, 1.165) is 63.9 Å². The zero-order chi connectivity index (χ0) is 21.9. The SMILES string of the molecule is COc1ccc(N2CCN(c3ncc4c(n3)CCN(Cc3ccc(C)cc3)C4)CC2)cc1. The molecule has 0 saturated carbocycles. The number of aromatic nitrogens is 2. The Morgan fingerprint density at radius 3 is 2.31 bits per heavy atom. The lowest BCUT2D eigenvalue weighted by atomic mass is 10.1. The van der Waals surface area contributed by atoms with E-state index < -0.39 is 0 Å². The summed E-state index contributed by atoms with van der Waals surface area (Å²) in [6.07, 6.45) is 3.04. The van der Waals surface area contributed by atoms with Crippen molar-refractivity contribution < 1.29 is 4.74 Å². The van der Waals surface area contributed by atoms with Crippen molar-refractivity contribution in [2.75, 3.05) is 49.6 Å². The van der Waals surface area contributed by atoms with Gasteiger partial charge in [0.05, 0.1) is 12.8 Å². The third kappa shape index (κ3) is 4.55. The molecule has 2 aliphatic heterocycles. The van der Waals surface area contributed by atoms with Crippen LogP contribution in [0.1, 0.15) is 22.4 Å². The van der Waals surface area contributed by atoms with Crippen molar-refractivity contribution in [1.82, 2.24) is 14.9 Å². The highest BCUT2D eigenvalue weighted by molar-refractivity contribution is 5.51. The molecule has 0 bridgehead atoms. The van der Waals surface area contributed by atoms with Crippen molar-refractivity contribution in [2.45, 2.75) is 26.4 Å². The summed E-state index contributed by atoms with van der Waals surface area (Å²) in [7, 11) is 1.70. The van der Waals surface area contributed by atoms with Gasteiger partial charge in [0, 0.05) is 69.7 Å². The lowest BCUT2D eigenvalue weighted by Gasteiger charge is -2.36. The van der Waals surface area contributed by atoms with Crippen LogP contribution in [0, 0.1) is 6.92 Å². The predicted molar refractivity (Wildman–Crippen MR) is 128 cm³/mol. The van der Waals surface area contributed by atoms with Gasteiger partial charge in [-0.1, -0.05) is 29.8 Å². The van der Waals surface area contributed by atoms with E-state index in [1.54, 1.807) is 7.11 Å². The van der Waals surface area contributed by atoms with Gasteiger partial charge in [0.15, 0.2) is 0 Å². The number of ether oxygens (including phenoxy) is 1. The Bertz CT molecular complexity index is 1040. The van der Waals surface area contributed by atoms with Gasteiger partial charge >= 0.3 is 0 Å². The lowest BCUT2D eigenvalue weighted by Crippen LogP contribution is -2.47. The second-order valence-corrected chi connectivity index (χ2v) is 8.76. The van der Waals surface area contributed by atoms with Gasteiger partial charge < -0.3 is 14.5 Å². The number of anilines is 2. The van der Waals surface area contributed by atoms with Gasteiger partial charge in [0.1, 0.15) is 5.75 Å². The fourth-order valence-corrected chi connectivity index (χ4v) is 4.56. The molecule has 0 amide bonds. The molecule has 0 atom stereocenters. The van der Waals surface area contributed by atoms with E-state index in [4.69, 9.17) is 14.7 Å². The van der Waals surface area contributed by atoms with Gasteiger partial charge in [0.25, 0.3) is 0 Å². The summed E-state index contributed by atoms with van der Waals surface area (Å²) in [4.78, 5) is 16.9. The van der Waals surface area contributed by atoms with E-state index in [0.29, 0.717) is 0 Å². The number of fused-ring (bicyclic) bond motifs is 1. The Kier molecular flexibility index (Phi) is 5.95. The average Bonchev–Trinajstić information content (AvgIpc) is 2.85. The van der Waals surface area contributed by atoms with E-state index in [-0.39, 0.29) is 0 Å². The maximum absolute atomic E-state index is 5.27. The first kappa shape index (κ1) is 20.8. The van der Waals surface area contributed by atoms with E-state index in [2.05, 4.69) is 64.2 Å². The Hall–Kier alpha value is -3.12. The molecule has 1 aromatic heterocycles. The number of benzene rings is 2. The molecule has 6 nitrogen and oxygen atoms in total. The number of rotatable bonds is 5. The van der Waals surface area contributed by atoms with Crippen LogP contribution in [0.4, 0.5) is 11.6 Å². The zero-order valence-electron chi connectivity index (χ0n) is 19.0. The summed E-state index contributed by atoms with van der Waals surface area (Å²) in [5.41, 5.74) is 6.40. The number of nitrogens with zero attached hydrogens (tertiary/aromatic N) is 5. The fraction of sp³-hybridized carbons (Fsp3) is 0.385. The summed E-state index contributed by atoms with van der Waals surface area (Å²) in [6, 6.07) is 17.2. The molecule has 1 saturated heterocycles. The Morgan fingerprint density at radius 2 is 1.59 bits per heavy atom. The molecular weight excluding hydrogens is 398 g/mol. The normalized spacial score (nSPS) is 16.7. The van der Waals surface area contributed by atoms with Crippen molar-refractivity contribution in [3.05, 3.63) is 77.1 Å². The van der Waals surface area contributed by atoms with Crippen molar-refractivity contribution >= 4 is 11.6 Å². The molecule has 1 fully saturated rings. The van der Waals surface area contributed by atoms with Crippen LogP contribution in [0.25, 0.3) is 0 Å². The second-order valence-electron chi connectivity index (χ2n) is 8.76. The lowest BCUT2D eigenvalue weighted by molar-refractivity contribution is 0.243.